The Hall–Kier alpha value is -5.94. The van der Waals surface area contributed by atoms with Gasteiger partial charge in [0.2, 0.25) is 0 Å². The van der Waals surface area contributed by atoms with Crippen molar-refractivity contribution in [3.05, 3.63) is 102 Å². The van der Waals surface area contributed by atoms with Crippen LogP contribution in [0.25, 0.3) is 10.9 Å². The molecule has 4 aromatic rings. The van der Waals surface area contributed by atoms with Crippen LogP contribution in [-0.4, -0.2) is 70.2 Å². The second-order valence-electron chi connectivity index (χ2n) is 9.99. The number of nitrogen functional groups attached to an aromatic ring is 1. The van der Waals surface area contributed by atoms with Gasteiger partial charge in [0.15, 0.2) is 12.4 Å². The van der Waals surface area contributed by atoms with Crippen LogP contribution in [0.5, 0.6) is 0 Å². The third kappa shape index (κ3) is 12.0. The molecule has 2 aromatic carbocycles. The molecule has 2 aromatic heterocycles. The number of rotatable bonds is 8. The topological polar surface area (TPSA) is 183 Å². The van der Waals surface area contributed by atoms with Gasteiger partial charge in [0.25, 0.3) is 5.91 Å². The lowest BCUT2D eigenvalue weighted by atomic mass is 10.1. The van der Waals surface area contributed by atoms with Crippen LogP contribution in [0.15, 0.2) is 79.1 Å². The van der Waals surface area contributed by atoms with Crippen molar-refractivity contribution in [3.63, 3.8) is 0 Å². The molecule has 0 saturated carbocycles. The third-order valence-electron chi connectivity index (χ3n) is 6.34. The Kier molecular flexibility index (Phi) is 13.4. The number of fused-ring (bicyclic) bond motifs is 1. The fourth-order valence-electron chi connectivity index (χ4n) is 4.02. The number of nitrogens with one attached hydrogen (secondary N) is 1. The Bertz CT molecular complexity index is 1780. The first-order valence-corrected chi connectivity index (χ1v) is 13.6. The Balaban J connectivity index is 0.000000500. The quantitative estimate of drug-likeness (QED) is 0.0826. The van der Waals surface area contributed by atoms with Crippen molar-refractivity contribution < 1.29 is 65.0 Å². The molecule has 4 rings (SSSR count). The molecule has 2 heterocycles. The van der Waals surface area contributed by atoms with Gasteiger partial charge in [0.1, 0.15) is 31.1 Å². The van der Waals surface area contributed by atoms with Crippen LogP contribution in [0.2, 0.25) is 0 Å². The van der Waals surface area contributed by atoms with Crippen LogP contribution in [0.1, 0.15) is 27.2 Å². The molecular formula is C31H29F6N5O7. The van der Waals surface area contributed by atoms with Gasteiger partial charge in [-0.15, -0.1) is 0 Å². The van der Waals surface area contributed by atoms with Crippen molar-refractivity contribution >= 4 is 40.6 Å². The molecule has 12 nitrogen and oxygen atoms in total. The number of para-hydroxylation sites is 1. The molecule has 4 N–H and O–H groups in total. The number of hydrogen-bond donors (Lipinski definition) is 3. The minimum atomic E-state index is -5.19. The number of hydrogen-bond acceptors (Lipinski definition) is 7. The average molecular weight is 698 g/mol. The van der Waals surface area contributed by atoms with E-state index in [0.717, 1.165) is 22.0 Å². The number of amides is 1. The number of halogens is 6. The maximum absolute atomic E-state index is 13.9. The van der Waals surface area contributed by atoms with Gasteiger partial charge < -0.3 is 34.9 Å². The fraction of sp³-hybridized carbons (Fsp3) is 0.226. The molecule has 0 saturated heterocycles. The Labute approximate surface area is 274 Å². The number of ether oxygens (including phenoxy) is 1. The van der Waals surface area contributed by atoms with E-state index < -0.39 is 30.3 Å². The maximum Gasteiger partial charge on any atom is 0.490 e. The first-order valence-electron chi connectivity index (χ1n) is 13.6. The van der Waals surface area contributed by atoms with Crippen LogP contribution >= 0.6 is 0 Å². The SMILES string of the molecule is COC(=O)CN(Cc1cc[n+](C)cc1)C(=O)c1cc2ccccc2n1Cc1cccc(C(=N)N)c1.O=C(O)C(F)(F)F.O=C([O-])C(F)(F)F. The molecule has 18 heteroatoms. The molecule has 1 amide bonds. The van der Waals surface area contributed by atoms with E-state index in [0.29, 0.717) is 17.8 Å². The van der Waals surface area contributed by atoms with E-state index in [4.69, 9.17) is 35.7 Å². The predicted molar refractivity (Wildman–Crippen MR) is 158 cm³/mol. The molecule has 0 aliphatic carbocycles. The zero-order chi connectivity index (χ0) is 37.1. The Morgan fingerprint density at radius 1 is 0.939 bits per heavy atom. The smallest absolute Gasteiger partial charge is 0.490 e. The van der Waals surface area contributed by atoms with E-state index in [1.54, 1.807) is 6.07 Å². The highest BCUT2D eigenvalue weighted by Gasteiger charge is 2.38. The van der Waals surface area contributed by atoms with Crippen molar-refractivity contribution in [3.8, 4) is 0 Å². The number of aryl methyl sites for hydroxylation is 1. The number of benzene rings is 2. The molecule has 0 spiro atoms. The molecule has 0 radical (unpaired) electrons. The van der Waals surface area contributed by atoms with Gasteiger partial charge in [-0.2, -0.15) is 26.3 Å². The minimum absolute atomic E-state index is 0.0129. The van der Waals surface area contributed by atoms with Crippen molar-refractivity contribution in [1.82, 2.24) is 9.47 Å². The van der Waals surface area contributed by atoms with Crippen LogP contribution in [0, 0.1) is 5.41 Å². The highest BCUT2D eigenvalue weighted by molar-refractivity contribution is 6.00. The Morgan fingerprint density at radius 2 is 1.51 bits per heavy atom. The van der Waals surface area contributed by atoms with Gasteiger partial charge in [-0.3, -0.25) is 15.0 Å². The first kappa shape index (κ1) is 39.2. The summed E-state index contributed by atoms with van der Waals surface area (Å²) in [5.41, 5.74) is 9.46. The van der Waals surface area contributed by atoms with Crippen LogP contribution in [0.4, 0.5) is 26.3 Å². The monoisotopic (exact) mass is 697 g/mol. The van der Waals surface area contributed by atoms with Crippen molar-refractivity contribution in [2.75, 3.05) is 13.7 Å². The van der Waals surface area contributed by atoms with E-state index in [1.165, 1.54) is 12.0 Å². The number of pyridine rings is 1. The first-order chi connectivity index (χ1) is 22.7. The van der Waals surface area contributed by atoms with E-state index >= 15 is 0 Å². The number of carbonyl (C=O) groups excluding carboxylic acids is 3. The molecular weight excluding hydrogens is 668 g/mol. The van der Waals surface area contributed by atoms with Gasteiger partial charge in [0, 0.05) is 41.7 Å². The lowest BCUT2D eigenvalue weighted by Gasteiger charge is -2.22. The number of nitrogens with zero attached hydrogens (tertiary/aromatic N) is 3. The number of carboxylic acids is 2. The molecule has 0 unspecified atom stereocenters. The summed E-state index contributed by atoms with van der Waals surface area (Å²) in [7, 11) is 3.23. The lowest BCUT2D eigenvalue weighted by Crippen LogP contribution is -2.37. The fourth-order valence-corrected chi connectivity index (χ4v) is 4.02. The van der Waals surface area contributed by atoms with Gasteiger partial charge >= 0.3 is 24.3 Å². The zero-order valence-corrected chi connectivity index (χ0v) is 25.7. The predicted octanol–water partition coefficient (Wildman–Crippen LogP) is 2.55. The second-order valence-corrected chi connectivity index (χ2v) is 9.99. The highest BCUT2D eigenvalue weighted by atomic mass is 19.4. The van der Waals surface area contributed by atoms with E-state index in [9.17, 15) is 35.9 Å². The van der Waals surface area contributed by atoms with Crippen molar-refractivity contribution in [2.24, 2.45) is 12.8 Å². The number of alkyl halides is 6. The summed E-state index contributed by atoms with van der Waals surface area (Å²) >= 11 is 0. The Morgan fingerprint density at radius 3 is 2.02 bits per heavy atom. The molecule has 0 atom stereocenters. The maximum atomic E-state index is 13.9. The van der Waals surface area contributed by atoms with Crippen LogP contribution in [0.3, 0.4) is 0 Å². The zero-order valence-electron chi connectivity index (χ0n) is 25.7. The summed E-state index contributed by atoms with van der Waals surface area (Å²) in [6.45, 7) is 0.497. The number of amidine groups is 1. The molecule has 0 aliphatic rings. The summed E-state index contributed by atoms with van der Waals surface area (Å²) in [6.07, 6.45) is -6.48. The van der Waals surface area contributed by atoms with E-state index in [1.807, 2.05) is 89.2 Å². The summed E-state index contributed by atoms with van der Waals surface area (Å²) in [4.78, 5) is 45.2. The molecule has 49 heavy (non-hydrogen) atoms. The number of esters is 1. The molecule has 0 bridgehead atoms. The summed E-state index contributed by atoms with van der Waals surface area (Å²) < 4.78 is 72.0. The van der Waals surface area contributed by atoms with Gasteiger partial charge in [0.05, 0.1) is 7.11 Å². The number of aliphatic carboxylic acids is 2. The number of carboxylic acid groups (broad SMARTS) is 2. The number of aromatic nitrogens is 2. The summed E-state index contributed by atoms with van der Waals surface area (Å²) in [5.74, 6) is -6.54. The second kappa shape index (κ2) is 16.8. The average Bonchev–Trinajstić information content (AvgIpc) is 3.39. The normalized spacial score (nSPS) is 10.9. The third-order valence-corrected chi connectivity index (χ3v) is 6.34. The van der Waals surface area contributed by atoms with Crippen LogP contribution in [-0.2, 0) is 39.3 Å². The van der Waals surface area contributed by atoms with Crippen LogP contribution < -0.4 is 15.4 Å². The van der Waals surface area contributed by atoms with Crippen molar-refractivity contribution in [2.45, 2.75) is 25.4 Å². The van der Waals surface area contributed by atoms with Gasteiger partial charge in [-0.25, -0.2) is 9.36 Å². The van der Waals surface area contributed by atoms with E-state index in [2.05, 4.69) is 0 Å². The molecule has 0 aliphatic heterocycles. The minimum Gasteiger partial charge on any atom is -0.542 e. The van der Waals surface area contributed by atoms with Gasteiger partial charge in [-0.1, -0.05) is 36.4 Å². The molecule has 0 fully saturated rings. The van der Waals surface area contributed by atoms with Gasteiger partial charge in [-0.05, 0) is 29.3 Å². The largest absolute Gasteiger partial charge is 0.542 e. The number of carbonyl (C=O) groups is 4. The number of methoxy groups -OCH3 is 1. The summed E-state index contributed by atoms with van der Waals surface area (Å²) in [5, 5.41) is 24.6. The van der Waals surface area contributed by atoms with Crippen molar-refractivity contribution in [1.29, 1.82) is 5.41 Å². The van der Waals surface area contributed by atoms with E-state index in [-0.39, 0.29) is 24.8 Å². The highest BCUT2D eigenvalue weighted by Crippen LogP contribution is 2.24. The summed E-state index contributed by atoms with van der Waals surface area (Å²) in [6, 6.07) is 20.9. The number of nitrogens with two attached hydrogens (primary N) is 1. The lowest BCUT2D eigenvalue weighted by molar-refractivity contribution is -0.671. The standard InChI is InChI=1S/C27H28N5O3.2C2HF3O2/c1-30-12-10-19(11-13-30)16-31(18-25(33)35-2)27(34)24-15-21-7-3-4-9-23(21)32(24)17-20-6-5-8-22(14-20)26(28)29;2*3-2(4,5)1(6)7/h3-15H,16-18H2,1-2H3,(H3,28,29);2*(H,6,7)/q+1;;/p-1. The molecule has 262 valence electrons.